The molecule has 1 aromatic heterocycles. The van der Waals surface area contributed by atoms with Crippen LogP contribution >= 0.6 is 0 Å². The number of nitrogens with one attached hydrogen (secondary N) is 1. The minimum absolute atomic E-state index is 0.235. The first-order chi connectivity index (χ1) is 10.9. The van der Waals surface area contributed by atoms with E-state index in [9.17, 15) is 8.42 Å². The Morgan fingerprint density at radius 2 is 1.74 bits per heavy atom. The Kier molecular flexibility index (Phi) is 3.90. The van der Waals surface area contributed by atoms with E-state index < -0.39 is 10.0 Å². The Labute approximate surface area is 136 Å². The van der Waals surface area contributed by atoms with E-state index in [0.29, 0.717) is 11.3 Å². The molecule has 3 aromatic rings. The number of anilines is 1. The van der Waals surface area contributed by atoms with Crippen LogP contribution in [0, 0.1) is 13.8 Å². The Hall–Kier alpha value is -2.27. The van der Waals surface area contributed by atoms with Gasteiger partial charge in [-0.3, -0.25) is 4.72 Å². The van der Waals surface area contributed by atoms with Crippen molar-refractivity contribution in [3.05, 3.63) is 59.4 Å². The second-order valence-electron chi connectivity index (χ2n) is 5.60. The van der Waals surface area contributed by atoms with Gasteiger partial charge in [0.1, 0.15) is 5.76 Å². The molecule has 0 saturated carbocycles. The topological polar surface area (TPSA) is 59.3 Å². The predicted molar refractivity (Wildman–Crippen MR) is 92.3 cm³/mol. The summed E-state index contributed by atoms with van der Waals surface area (Å²) in [6, 6.07) is 12.2. The summed E-state index contributed by atoms with van der Waals surface area (Å²) in [7, 11) is -3.64. The van der Waals surface area contributed by atoms with Gasteiger partial charge in [0.05, 0.1) is 10.6 Å². The van der Waals surface area contributed by atoms with E-state index in [1.54, 1.807) is 30.3 Å². The minimum atomic E-state index is -3.64. The molecule has 1 heterocycles. The van der Waals surface area contributed by atoms with Gasteiger partial charge in [-0.25, -0.2) is 8.42 Å². The molecular formula is C18H19NO3S. The van der Waals surface area contributed by atoms with Gasteiger partial charge in [-0.15, -0.1) is 0 Å². The Morgan fingerprint density at radius 3 is 2.39 bits per heavy atom. The van der Waals surface area contributed by atoms with E-state index >= 15 is 0 Å². The van der Waals surface area contributed by atoms with Crippen molar-refractivity contribution in [2.24, 2.45) is 0 Å². The van der Waals surface area contributed by atoms with Crippen LogP contribution in [0.5, 0.6) is 0 Å². The first-order valence-corrected chi connectivity index (χ1v) is 9.01. The van der Waals surface area contributed by atoms with E-state index in [0.717, 1.165) is 28.7 Å². The summed E-state index contributed by atoms with van der Waals surface area (Å²) in [6.07, 6.45) is 0.769. The Morgan fingerprint density at radius 1 is 1.04 bits per heavy atom. The SMILES string of the molecule is CCc1oc2c(NS(=O)(=O)c3ccc(C)cc3)cccc2c1C. The third-order valence-corrected chi connectivity index (χ3v) is 5.34. The molecule has 120 valence electrons. The van der Waals surface area contributed by atoms with Gasteiger partial charge in [0.25, 0.3) is 10.0 Å². The smallest absolute Gasteiger partial charge is 0.262 e. The maximum absolute atomic E-state index is 12.6. The molecule has 0 spiro atoms. The highest BCUT2D eigenvalue weighted by molar-refractivity contribution is 7.92. The van der Waals surface area contributed by atoms with Crippen molar-refractivity contribution in [3.63, 3.8) is 0 Å². The van der Waals surface area contributed by atoms with Gasteiger partial charge in [-0.2, -0.15) is 0 Å². The van der Waals surface area contributed by atoms with Crippen molar-refractivity contribution in [2.45, 2.75) is 32.1 Å². The minimum Gasteiger partial charge on any atom is -0.459 e. The number of sulfonamides is 1. The third kappa shape index (κ3) is 2.84. The molecule has 0 aliphatic rings. The fourth-order valence-corrected chi connectivity index (χ4v) is 3.69. The normalized spacial score (nSPS) is 11.8. The van der Waals surface area contributed by atoms with Crippen molar-refractivity contribution < 1.29 is 12.8 Å². The van der Waals surface area contributed by atoms with Gasteiger partial charge < -0.3 is 4.42 Å². The van der Waals surface area contributed by atoms with Crippen molar-refractivity contribution in [1.29, 1.82) is 0 Å². The van der Waals surface area contributed by atoms with Gasteiger partial charge in [-0.1, -0.05) is 36.8 Å². The van der Waals surface area contributed by atoms with Crippen LogP contribution in [0.4, 0.5) is 5.69 Å². The van der Waals surface area contributed by atoms with Crippen LogP contribution in [0.2, 0.25) is 0 Å². The van der Waals surface area contributed by atoms with Crippen LogP contribution in [0.15, 0.2) is 51.8 Å². The van der Waals surface area contributed by atoms with E-state index in [4.69, 9.17) is 4.42 Å². The van der Waals surface area contributed by atoms with Gasteiger partial charge in [0.2, 0.25) is 0 Å². The lowest BCUT2D eigenvalue weighted by Gasteiger charge is -2.08. The summed E-state index contributed by atoms with van der Waals surface area (Å²) < 4.78 is 33.6. The van der Waals surface area contributed by atoms with Crippen LogP contribution in [0.25, 0.3) is 11.0 Å². The predicted octanol–water partition coefficient (Wildman–Crippen LogP) is 4.41. The highest BCUT2D eigenvalue weighted by Gasteiger charge is 2.18. The number of hydrogen-bond donors (Lipinski definition) is 1. The lowest BCUT2D eigenvalue weighted by atomic mass is 10.1. The molecule has 0 unspecified atom stereocenters. The zero-order chi connectivity index (χ0) is 16.6. The first kappa shape index (κ1) is 15.6. The fraction of sp³-hybridized carbons (Fsp3) is 0.222. The van der Waals surface area contributed by atoms with E-state index in [1.807, 2.05) is 32.9 Å². The summed E-state index contributed by atoms with van der Waals surface area (Å²) in [4.78, 5) is 0.235. The maximum Gasteiger partial charge on any atom is 0.262 e. The molecule has 3 rings (SSSR count). The summed E-state index contributed by atoms with van der Waals surface area (Å²) in [5.74, 6) is 0.877. The molecule has 5 heteroatoms. The molecule has 0 fully saturated rings. The van der Waals surface area contributed by atoms with Crippen LogP contribution in [-0.2, 0) is 16.4 Å². The van der Waals surface area contributed by atoms with E-state index in [1.165, 1.54) is 0 Å². The van der Waals surface area contributed by atoms with Crippen LogP contribution in [0.3, 0.4) is 0 Å². The van der Waals surface area contributed by atoms with Gasteiger partial charge in [0, 0.05) is 11.8 Å². The number of aryl methyl sites for hydroxylation is 3. The molecule has 1 N–H and O–H groups in total. The number of furan rings is 1. The van der Waals surface area contributed by atoms with Crippen molar-refractivity contribution in [2.75, 3.05) is 4.72 Å². The number of benzene rings is 2. The number of rotatable bonds is 4. The summed E-state index contributed by atoms with van der Waals surface area (Å²) in [5.41, 5.74) is 3.11. The van der Waals surface area contributed by atoms with Crippen LogP contribution in [-0.4, -0.2) is 8.42 Å². The molecule has 23 heavy (non-hydrogen) atoms. The molecule has 0 atom stereocenters. The molecule has 0 radical (unpaired) electrons. The molecule has 0 bridgehead atoms. The second-order valence-corrected chi connectivity index (χ2v) is 7.29. The first-order valence-electron chi connectivity index (χ1n) is 7.53. The van der Waals surface area contributed by atoms with Crippen molar-refractivity contribution >= 4 is 26.7 Å². The van der Waals surface area contributed by atoms with Crippen molar-refractivity contribution in [1.82, 2.24) is 0 Å². The van der Waals surface area contributed by atoms with Gasteiger partial charge >= 0.3 is 0 Å². The monoisotopic (exact) mass is 329 g/mol. The van der Waals surface area contributed by atoms with Gasteiger partial charge in [-0.05, 0) is 37.6 Å². The second kappa shape index (κ2) is 5.74. The molecule has 0 amide bonds. The number of para-hydroxylation sites is 1. The maximum atomic E-state index is 12.6. The van der Waals surface area contributed by atoms with E-state index in [-0.39, 0.29) is 4.90 Å². The summed E-state index contributed by atoms with van der Waals surface area (Å²) in [5, 5.41) is 0.936. The summed E-state index contributed by atoms with van der Waals surface area (Å²) >= 11 is 0. The molecular weight excluding hydrogens is 310 g/mol. The Bertz CT molecular complexity index is 954. The summed E-state index contributed by atoms with van der Waals surface area (Å²) in [6.45, 7) is 5.92. The van der Waals surface area contributed by atoms with E-state index in [2.05, 4.69) is 4.72 Å². The van der Waals surface area contributed by atoms with Crippen LogP contribution in [0.1, 0.15) is 23.8 Å². The lowest BCUT2D eigenvalue weighted by molar-refractivity contribution is 0.554. The lowest BCUT2D eigenvalue weighted by Crippen LogP contribution is -2.13. The molecule has 0 saturated heterocycles. The zero-order valence-corrected chi connectivity index (χ0v) is 14.2. The zero-order valence-electron chi connectivity index (χ0n) is 13.4. The van der Waals surface area contributed by atoms with Gasteiger partial charge in [0.15, 0.2) is 5.58 Å². The van der Waals surface area contributed by atoms with Crippen LogP contribution < -0.4 is 4.72 Å². The average molecular weight is 329 g/mol. The fourth-order valence-electron chi connectivity index (χ4n) is 2.63. The third-order valence-electron chi connectivity index (χ3n) is 3.96. The number of fused-ring (bicyclic) bond motifs is 1. The molecule has 0 aliphatic carbocycles. The average Bonchev–Trinajstić information content (AvgIpc) is 2.85. The molecule has 2 aromatic carbocycles. The standard InChI is InChI=1S/C18H19NO3S/c1-4-17-13(3)15-6-5-7-16(18(15)22-17)19-23(20,21)14-10-8-12(2)9-11-14/h5-11,19H,4H2,1-3H3. The largest absolute Gasteiger partial charge is 0.459 e. The molecule has 4 nitrogen and oxygen atoms in total. The highest BCUT2D eigenvalue weighted by atomic mass is 32.2. The highest BCUT2D eigenvalue weighted by Crippen LogP contribution is 2.32. The quantitative estimate of drug-likeness (QED) is 0.771. The Balaban J connectivity index is 2.06. The van der Waals surface area contributed by atoms with Crippen molar-refractivity contribution in [3.8, 4) is 0 Å². The molecule has 0 aliphatic heterocycles. The number of hydrogen-bond acceptors (Lipinski definition) is 3.